The first-order chi connectivity index (χ1) is 8.52. The van der Waals surface area contributed by atoms with Crippen LogP contribution in [-0.4, -0.2) is 22.8 Å². The van der Waals surface area contributed by atoms with Crippen LogP contribution in [0.3, 0.4) is 0 Å². The highest BCUT2D eigenvalue weighted by molar-refractivity contribution is 6.29. The van der Waals surface area contributed by atoms with Gasteiger partial charge >= 0.3 is 0 Å². The maximum atomic E-state index is 12.2. The summed E-state index contributed by atoms with van der Waals surface area (Å²) in [6.45, 7) is 1.69. The number of carbonyl (C=O) groups excluding carboxylic acids is 2. The summed E-state index contributed by atoms with van der Waals surface area (Å²) in [6, 6.07) is 6.57. The summed E-state index contributed by atoms with van der Waals surface area (Å²) in [5.74, 6) is -1.33. The third-order valence-electron chi connectivity index (χ3n) is 3.10. The number of hydrogen-bond donors (Lipinski definition) is 1. The fraction of sp³-hybridized carbons (Fsp3) is 0.286. The molecular formula is C14H13ClO3. The Morgan fingerprint density at radius 1 is 1.28 bits per heavy atom. The zero-order chi connectivity index (χ0) is 13.3. The molecule has 3 nitrogen and oxygen atoms in total. The number of benzene rings is 1. The van der Waals surface area contributed by atoms with Gasteiger partial charge in [0.15, 0.2) is 11.6 Å². The van der Waals surface area contributed by atoms with Crippen molar-refractivity contribution in [3.05, 3.63) is 46.5 Å². The van der Waals surface area contributed by atoms with Gasteiger partial charge in [-0.25, -0.2) is 0 Å². The van der Waals surface area contributed by atoms with Crippen LogP contribution in [0.15, 0.2) is 35.4 Å². The van der Waals surface area contributed by atoms with E-state index < -0.39 is 17.8 Å². The van der Waals surface area contributed by atoms with E-state index in [1.54, 1.807) is 37.3 Å². The molecule has 0 aliphatic heterocycles. The number of carbonyl (C=O) groups is 2. The fourth-order valence-electron chi connectivity index (χ4n) is 2.12. The molecule has 0 fully saturated rings. The standard InChI is InChI=1S/C14H13ClO3/c1-8(15)6-7-11-12(16)9-4-2-3-5-10(9)13(17)14(11)18/h2-6,11,14,18H,7H2,1H3/b8-6-. The van der Waals surface area contributed by atoms with Gasteiger partial charge in [-0.2, -0.15) is 0 Å². The molecule has 0 radical (unpaired) electrons. The van der Waals surface area contributed by atoms with E-state index in [1.165, 1.54) is 0 Å². The quantitative estimate of drug-likeness (QED) is 0.893. The molecule has 1 aliphatic carbocycles. The van der Waals surface area contributed by atoms with Crippen LogP contribution >= 0.6 is 11.6 Å². The molecule has 0 saturated carbocycles. The van der Waals surface area contributed by atoms with Gasteiger partial charge in [0.2, 0.25) is 0 Å². The summed E-state index contributed by atoms with van der Waals surface area (Å²) >= 11 is 5.71. The first-order valence-corrected chi connectivity index (χ1v) is 6.08. The molecule has 0 spiro atoms. The molecular weight excluding hydrogens is 252 g/mol. The highest BCUT2D eigenvalue weighted by Crippen LogP contribution is 2.28. The van der Waals surface area contributed by atoms with E-state index in [0.29, 0.717) is 16.2 Å². The van der Waals surface area contributed by atoms with Crippen molar-refractivity contribution >= 4 is 23.2 Å². The predicted octanol–water partition coefficient (Wildman–Crippen LogP) is 2.58. The molecule has 2 rings (SSSR count). The van der Waals surface area contributed by atoms with E-state index in [0.717, 1.165) is 0 Å². The summed E-state index contributed by atoms with van der Waals surface area (Å²) < 4.78 is 0. The lowest BCUT2D eigenvalue weighted by Crippen LogP contribution is -2.40. The Morgan fingerprint density at radius 3 is 2.39 bits per heavy atom. The third-order valence-corrected chi connectivity index (χ3v) is 3.25. The van der Waals surface area contributed by atoms with Crippen LogP contribution < -0.4 is 0 Å². The molecule has 0 aromatic heterocycles. The Kier molecular flexibility index (Phi) is 3.64. The van der Waals surface area contributed by atoms with Crippen molar-refractivity contribution in [3.63, 3.8) is 0 Å². The maximum absolute atomic E-state index is 12.2. The number of fused-ring (bicyclic) bond motifs is 1. The van der Waals surface area contributed by atoms with Crippen LogP contribution in [0.2, 0.25) is 0 Å². The van der Waals surface area contributed by atoms with Gasteiger partial charge in [-0.1, -0.05) is 41.9 Å². The zero-order valence-electron chi connectivity index (χ0n) is 9.89. The van der Waals surface area contributed by atoms with E-state index in [1.807, 2.05) is 0 Å². The first kappa shape index (κ1) is 13.0. The number of Topliss-reactive ketones (excluding diaryl/α,β-unsaturated/α-hetero) is 2. The molecule has 1 aromatic carbocycles. The van der Waals surface area contributed by atoms with Crippen LogP contribution in [-0.2, 0) is 0 Å². The third kappa shape index (κ3) is 2.24. The molecule has 0 saturated heterocycles. The SMILES string of the molecule is C/C(Cl)=C/CC1C(=O)c2ccccc2C(=O)C1O. The summed E-state index contributed by atoms with van der Waals surface area (Å²) in [5.41, 5.74) is 0.691. The molecule has 2 atom stereocenters. The number of hydrogen-bond acceptors (Lipinski definition) is 3. The summed E-state index contributed by atoms with van der Waals surface area (Å²) in [7, 11) is 0. The number of halogens is 1. The number of aliphatic hydroxyl groups excluding tert-OH is 1. The van der Waals surface area contributed by atoms with Crippen molar-refractivity contribution in [2.24, 2.45) is 5.92 Å². The topological polar surface area (TPSA) is 54.4 Å². The molecule has 94 valence electrons. The minimum Gasteiger partial charge on any atom is -0.384 e. The van der Waals surface area contributed by atoms with Crippen molar-refractivity contribution in [2.45, 2.75) is 19.4 Å². The molecule has 1 N–H and O–H groups in total. The molecule has 4 heteroatoms. The Hall–Kier alpha value is -1.45. The van der Waals surface area contributed by atoms with E-state index in [9.17, 15) is 14.7 Å². The smallest absolute Gasteiger partial charge is 0.192 e. The fourth-order valence-corrected chi connectivity index (χ4v) is 2.21. The number of rotatable bonds is 2. The Balaban J connectivity index is 2.39. The van der Waals surface area contributed by atoms with Crippen LogP contribution in [0.5, 0.6) is 0 Å². The lowest BCUT2D eigenvalue weighted by molar-refractivity contribution is 0.0505. The monoisotopic (exact) mass is 264 g/mol. The van der Waals surface area contributed by atoms with E-state index >= 15 is 0 Å². The van der Waals surface area contributed by atoms with E-state index in [2.05, 4.69) is 0 Å². The average Bonchev–Trinajstić information content (AvgIpc) is 2.36. The maximum Gasteiger partial charge on any atom is 0.192 e. The zero-order valence-corrected chi connectivity index (χ0v) is 10.6. The van der Waals surface area contributed by atoms with Crippen LogP contribution in [0, 0.1) is 5.92 Å². The lowest BCUT2D eigenvalue weighted by atomic mass is 9.78. The van der Waals surface area contributed by atoms with Crippen molar-refractivity contribution in [2.75, 3.05) is 0 Å². The molecule has 0 bridgehead atoms. The van der Waals surface area contributed by atoms with Gasteiger partial charge in [0.25, 0.3) is 0 Å². The molecule has 1 aromatic rings. The van der Waals surface area contributed by atoms with Crippen molar-refractivity contribution < 1.29 is 14.7 Å². The Morgan fingerprint density at radius 2 is 1.83 bits per heavy atom. The second-order valence-corrected chi connectivity index (χ2v) is 4.95. The molecule has 18 heavy (non-hydrogen) atoms. The van der Waals surface area contributed by atoms with Crippen molar-refractivity contribution in [3.8, 4) is 0 Å². The summed E-state index contributed by atoms with van der Waals surface area (Å²) in [4.78, 5) is 24.2. The minimum absolute atomic E-state index is 0.202. The van der Waals surface area contributed by atoms with Crippen molar-refractivity contribution in [1.29, 1.82) is 0 Å². The van der Waals surface area contributed by atoms with E-state index in [4.69, 9.17) is 11.6 Å². The largest absolute Gasteiger partial charge is 0.384 e. The van der Waals surface area contributed by atoms with Gasteiger partial charge in [0, 0.05) is 16.2 Å². The van der Waals surface area contributed by atoms with Crippen molar-refractivity contribution in [1.82, 2.24) is 0 Å². The number of aliphatic hydroxyl groups is 1. The van der Waals surface area contributed by atoms with Crippen LogP contribution in [0.4, 0.5) is 0 Å². The average molecular weight is 265 g/mol. The predicted molar refractivity (Wildman–Crippen MR) is 68.8 cm³/mol. The van der Waals surface area contributed by atoms with Crippen LogP contribution in [0.25, 0.3) is 0 Å². The van der Waals surface area contributed by atoms with Gasteiger partial charge in [-0.15, -0.1) is 0 Å². The van der Waals surface area contributed by atoms with Gasteiger partial charge in [0.05, 0.1) is 5.92 Å². The Labute approximate surface area is 110 Å². The minimum atomic E-state index is -1.28. The Bertz CT molecular complexity index is 530. The normalized spacial score (nSPS) is 24.1. The second-order valence-electron chi connectivity index (χ2n) is 4.35. The highest BCUT2D eigenvalue weighted by atomic mass is 35.5. The van der Waals surface area contributed by atoms with Gasteiger partial charge in [-0.05, 0) is 13.3 Å². The van der Waals surface area contributed by atoms with Gasteiger partial charge in [-0.3, -0.25) is 9.59 Å². The lowest BCUT2D eigenvalue weighted by Gasteiger charge is -2.26. The van der Waals surface area contributed by atoms with Crippen LogP contribution in [0.1, 0.15) is 34.1 Å². The van der Waals surface area contributed by atoms with Gasteiger partial charge < -0.3 is 5.11 Å². The summed E-state index contributed by atoms with van der Waals surface area (Å²) in [6.07, 6.45) is 0.643. The molecule has 2 unspecified atom stereocenters. The molecule has 0 heterocycles. The van der Waals surface area contributed by atoms with E-state index in [-0.39, 0.29) is 12.2 Å². The molecule has 1 aliphatic rings. The number of ketones is 2. The first-order valence-electron chi connectivity index (χ1n) is 5.70. The summed E-state index contributed by atoms with van der Waals surface area (Å²) in [5, 5.41) is 10.5. The molecule has 0 amide bonds. The van der Waals surface area contributed by atoms with Gasteiger partial charge in [0.1, 0.15) is 6.10 Å². The highest BCUT2D eigenvalue weighted by Gasteiger charge is 2.39. The second kappa shape index (κ2) is 5.04. The number of allylic oxidation sites excluding steroid dienone is 2.